The lowest BCUT2D eigenvalue weighted by molar-refractivity contribution is 0.148. The molecule has 0 atom stereocenters. The Bertz CT molecular complexity index is 666. The highest BCUT2D eigenvalue weighted by Gasteiger charge is 2.25. The van der Waals surface area contributed by atoms with Crippen LogP contribution in [0.3, 0.4) is 0 Å². The number of benzene rings is 2. The van der Waals surface area contributed by atoms with Gasteiger partial charge in [0.05, 0.1) is 0 Å². The first-order valence-corrected chi connectivity index (χ1v) is 10.4. The first-order valence-electron chi connectivity index (χ1n) is 9.64. The molecule has 1 aliphatic carbocycles. The van der Waals surface area contributed by atoms with Crippen molar-refractivity contribution in [2.45, 2.75) is 38.1 Å². The zero-order valence-corrected chi connectivity index (χ0v) is 16.4. The first-order chi connectivity index (χ1) is 12.3. The smallest absolute Gasteiger partial charge is 0.0367 e. The van der Waals surface area contributed by atoms with E-state index in [1.165, 1.54) is 62.0 Å². The fraction of sp³-hybridized carbons (Fsp3) is 0.455. The summed E-state index contributed by atoms with van der Waals surface area (Å²) in [4.78, 5) is 5.29. The van der Waals surface area contributed by atoms with E-state index >= 15 is 0 Å². The minimum absolute atomic E-state index is 0.857. The summed E-state index contributed by atoms with van der Waals surface area (Å²) in [5, 5.41) is 0. The summed E-state index contributed by atoms with van der Waals surface area (Å²) in [7, 11) is 0. The molecule has 3 heteroatoms. The zero-order valence-electron chi connectivity index (χ0n) is 14.8. The van der Waals surface area contributed by atoms with Crippen LogP contribution in [0.4, 0.5) is 5.69 Å². The van der Waals surface area contributed by atoms with Gasteiger partial charge in [0, 0.05) is 42.4 Å². The Kier molecular flexibility index (Phi) is 5.42. The SMILES string of the molecule is Brc1ccc(-c2ccc(N3CCN(C4CCCCC4)CC3)cc2)cc1. The average Bonchev–Trinajstić information content (AvgIpc) is 2.70. The maximum absolute atomic E-state index is 3.50. The molecule has 1 aliphatic heterocycles. The fourth-order valence-electron chi connectivity index (χ4n) is 4.30. The van der Waals surface area contributed by atoms with Gasteiger partial charge in [-0.15, -0.1) is 0 Å². The van der Waals surface area contributed by atoms with Crippen molar-refractivity contribution in [3.8, 4) is 11.1 Å². The van der Waals surface area contributed by atoms with Crippen LogP contribution in [0.15, 0.2) is 53.0 Å². The summed E-state index contributed by atoms with van der Waals surface area (Å²) in [5.74, 6) is 0. The summed E-state index contributed by atoms with van der Waals surface area (Å²) in [6, 6.07) is 18.5. The number of hydrogen-bond acceptors (Lipinski definition) is 2. The lowest BCUT2D eigenvalue weighted by Gasteiger charge is -2.41. The van der Waals surface area contributed by atoms with Crippen molar-refractivity contribution in [2.75, 3.05) is 31.1 Å². The quantitative estimate of drug-likeness (QED) is 0.666. The summed E-state index contributed by atoms with van der Waals surface area (Å²) in [6.45, 7) is 4.76. The van der Waals surface area contributed by atoms with Crippen molar-refractivity contribution >= 4 is 21.6 Å². The minimum atomic E-state index is 0.857. The molecule has 0 radical (unpaired) electrons. The third kappa shape index (κ3) is 4.09. The van der Waals surface area contributed by atoms with E-state index < -0.39 is 0 Å². The maximum atomic E-state index is 3.50. The molecule has 0 spiro atoms. The van der Waals surface area contributed by atoms with E-state index in [9.17, 15) is 0 Å². The second kappa shape index (κ2) is 7.92. The predicted octanol–water partition coefficient (Wildman–Crippen LogP) is 5.57. The molecule has 4 rings (SSSR count). The molecule has 0 amide bonds. The van der Waals surface area contributed by atoms with Gasteiger partial charge in [-0.1, -0.05) is 59.5 Å². The standard InChI is InChI=1S/C22H27BrN2/c23-20-10-6-18(7-11-20)19-8-12-22(13-9-19)25-16-14-24(15-17-25)21-4-2-1-3-5-21/h6-13,21H,1-5,14-17H2. The van der Waals surface area contributed by atoms with Gasteiger partial charge < -0.3 is 4.90 Å². The molecule has 2 nitrogen and oxygen atoms in total. The van der Waals surface area contributed by atoms with Gasteiger partial charge in [-0.05, 0) is 48.2 Å². The van der Waals surface area contributed by atoms with Gasteiger partial charge in [0.15, 0.2) is 0 Å². The number of piperazine rings is 1. The van der Waals surface area contributed by atoms with Gasteiger partial charge in [0.25, 0.3) is 0 Å². The molecular formula is C22H27BrN2. The van der Waals surface area contributed by atoms with E-state index in [1.54, 1.807) is 0 Å². The molecule has 2 aliphatic rings. The van der Waals surface area contributed by atoms with E-state index in [1.807, 2.05) is 0 Å². The van der Waals surface area contributed by atoms with E-state index in [0.717, 1.165) is 23.6 Å². The maximum Gasteiger partial charge on any atom is 0.0367 e. The lowest BCUT2D eigenvalue weighted by atomic mass is 9.94. The highest BCUT2D eigenvalue weighted by atomic mass is 79.9. The highest BCUT2D eigenvalue weighted by Crippen LogP contribution is 2.27. The van der Waals surface area contributed by atoms with Gasteiger partial charge in [-0.2, -0.15) is 0 Å². The molecule has 0 aromatic heterocycles. The minimum Gasteiger partial charge on any atom is -0.369 e. The largest absolute Gasteiger partial charge is 0.369 e. The Morgan fingerprint density at radius 2 is 1.24 bits per heavy atom. The van der Waals surface area contributed by atoms with Crippen molar-refractivity contribution in [3.63, 3.8) is 0 Å². The Balaban J connectivity index is 1.37. The van der Waals surface area contributed by atoms with Crippen molar-refractivity contribution in [3.05, 3.63) is 53.0 Å². The van der Waals surface area contributed by atoms with Crippen LogP contribution in [0.5, 0.6) is 0 Å². The van der Waals surface area contributed by atoms with Crippen molar-refractivity contribution in [1.82, 2.24) is 4.90 Å². The molecule has 132 valence electrons. The van der Waals surface area contributed by atoms with Crippen LogP contribution in [-0.4, -0.2) is 37.1 Å². The van der Waals surface area contributed by atoms with Crippen LogP contribution in [0.2, 0.25) is 0 Å². The van der Waals surface area contributed by atoms with Gasteiger partial charge in [0.1, 0.15) is 0 Å². The molecule has 0 unspecified atom stereocenters. The molecule has 1 saturated carbocycles. The van der Waals surface area contributed by atoms with Crippen LogP contribution in [0, 0.1) is 0 Å². The van der Waals surface area contributed by atoms with Gasteiger partial charge >= 0.3 is 0 Å². The van der Waals surface area contributed by atoms with Crippen LogP contribution in [0.25, 0.3) is 11.1 Å². The van der Waals surface area contributed by atoms with Crippen LogP contribution in [-0.2, 0) is 0 Å². The predicted molar refractivity (Wildman–Crippen MR) is 110 cm³/mol. The molecule has 2 aromatic rings. The number of hydrogen-bond donors (Lipinski definition) is 0. The van der Waals surface area contributed by atoms with Gasteiger partial charge in [-0.25, -0.2) is 0 Å². The second-order valence-electron chi connectivity index (χ2n) is 7.37. The number of anilines is 1. The Hall–Kier alpha value is -1.32. The molecule has 1 heterocycles. The summed E-state index contributed by atoms with van der Waals surface area (Å²) in [6.07, 6.45) is 7.15. The lowest BCUT2D eigenvalue weighted by Crippen LogP contribution is -2.50. The third-order valence-corrected chi connectivity index (χ3v) is 6.34. The topological polar surface area (TPSA) is 6.48 Å². The summed E-state index contributed by atoms with van der Waals surface area (Å²) < 4.78 is 1.13. The second-order valence-corrected chi connectivity index (χ2v) is 8.28. The Labute approximate surface area is 160 Å². The van der Waals surface area contributed by atoms with Crippen molar-refractivity contribution in [1.29, 1.82) is 0 Å². The molecule has 2 fully saturated rings. The number of rotatable bonds is 3. The number of nitrogens with zero attached hydrogens (tertiary/aromatic N) is 2. The normalized spacial score (nSPS) is 20.0. The average molecular weight is 399 g/mol. The molecule has 25 heavy (non-hydrogen) atoms. The van der Waals surface area contributed by atoms with Gasteiger partial charge in [0.2, 0.25) is 0 Å². The van der Waals surface area contributed by atoms with Crippen molar-refractivity contribution < 1.29 is 0 Å². The molecule has 0 N–H and O–H groups in total. The van der Waals surface area contributed by atoms with E-state index in [2.05, 4.69) is 74.3 Å². The van der Waals surface area contributed by atoms with Crippen molar-refractivity contribution in [2.24, 2.45) is 0 Å². The van der Waals surface area contributed by atoms with E-state index in [0.29, 0.717) is 0 Å². The van der Waals surface area contributed by atoms with Crippen LogP contribution < -0.4 is 4.90 Å². The Morgan fingerprint density at radius 1 is 0.680 bits per heavy atom. The van der Waals surface area contributed by atoms with Crippen LogP contribution >= 0.6 is 15.9 Å². The third-order valence-electron chi connectivity index (χ3n) is 5.82. The van der Waals surface area contributed by atoms with Gasteiger partial charge in [-0.3, -0.25) is 4.90 Å². The molecule has 0 bridgehead atoms. The summed E-state index contributed by atoms with van der Waals surface area (Å²) >= 11 is 3.50. The fourth-order valence-corrected chi connectivity index (χ4v) is 4.56. The first kappa shape index (κ1) is 17.1. The van der Waals surface area contributed by atoms with E-state index in [4.69, 9.17) is 0 Å². The monoisotopic (exact) mass is 398 g/mol. The summed E-state index contributed by atoms with van der Waals surface area (Å²) in [5.41, 5.74) is 3.93. The Morgan fingerprint density at radius 3 is 1.84 bits per heavy atom. The highest BCUT2D eigenvalue weighted by molar-refractivity contribution is 9.10. The molecule has 2 aromatic carbocycles. The van der Waals surface area contributed by atoms with E-state index in [-0.39, 0.29) is 0 Å². The number of halogens is 1. The molecular weight excluding hydrogens is 372 g/mol. The molecule has 1 saturated heterocycles. The van der Waals surface area contributed by atoms with Crippen LogP contribution in [0.1, 0.15) is 32.1 Å². The zero-order chi connectivity index (χ0) is 17.1.